The van der Waals surface area contributed by atoms with Gasteiger partial charge >= 0.3 is 0 Å². The first kappa shape index (κ1) is 17.3. The van der Waals surface area contributed by atoms with E-state index in [0.717, 1.165) is 29.7 Å². The lowest BCUT2D eigenvalue weighted by molar-refractivity contribution is -0.134. The SMILES string of the molecule is CC1CCN(c2ccc(NC(=O)CC3C(=O)NN(C)C3=O)cc2)CC1. The Bertz CT molecular complexity index is 665. The highest BCUT2D eigenvalue weighted by atomic mass is 16.2. The summed E-state index contributed by atoms with van der Waals surface area (Å²) in [5.74, 6) is -1.32. The van der Waals surface area contributed by atoms with Crippen molar-refractivity contribution in [3.05, 3.63) is 24.3 Å². The van der Waals surface area contributed by atoms with E-state index in [2.05, 4.69) is 22.6 Å². The smallest absolute Gasteiger partial charge is 0.253 e. The highest BCUT2D eigenvalue weighted by Crippen LogP contribution is 2.24. The third-order valence-electron chi connectivity index (χ3n) is 4.91. The van der Waals surface area contributed by atoms with Crippen LogP contribution < -0.4 is 15.6 Å². The maximum absolute atomic E-state index is 12.1. The third-order valence-corrected chi connectivity index (χ3v) is 4.91. The molecule has 1 unspecified atom stereocenters. The second-order valence-corrected chi connectivity index (χ2v) is 6.89. The Kier molecular flexibility index (Phi) is 4.92. The van der Waals surface area contributed by atoms with Gasteiger partial charge in [-0.25, -0.2) is 0 Å². The quantitative estimate of drug-likeness (QED) is 0.809. The van der Waals surface area contributed by atoms with E-state index in [4.69, 9.17) is 0 Å². The first-order chi connectivity index (χ1) is 11.9. The van der Waals surface area contributed by atoms with Crippen molar-refractivity contribution in [1.29, 1.82) is 0 Å². The van der Waals surface area contributed by atoms with Gasteiger partial charge < -0.3 is 10.2 Å². The zero-order valence-electron chi connectivity index (χ0n) is 14.6. The predicted molar refractivity (Wildman–Crippen MR) is 94.7 cm³/mol. The second-order valence-electron chi connectivity index (χ2n) is 6.89. The fraction of sp³-hybridized carbons (Fsp3) is 0.500. The molecule has 0 spiro atoms. The van der Waals surface area contributed by atoms with E-state index < -0.39 is 11.8 Å². The molecular formula is C18H24N4O3. The molecule has 0 radical (unpaired) electrons. The van der Waals surface area contributed by atoms with Crippen molar-refractivity contribution >= 4 is 29.1 Å². The van der Waals surface area contributed by atoms with Gasteiger partial charge in [-0.05, 0) is 43.0 Å². The van der Waals surface area contributed by atoms with Crippen LogP contribution in [0, 0.1) is 11.8 Å². The Hall–Kier alpha value is -2.57. The molecule has 2 heterocycles. The number of rotatable bonds is 4. The van der Waals surface area contributed by atoms with Crippen LogP contribution in [-0.2, 0) is 14.4 Å². The molecule has 1 atom stereocenters. The molecule has 0 aliphatic carbocycles. The summed E-state index contributed by atoms with van der Waals surface area (Å²) in [4.78, 5) is 37.9. The van der Waals surface area contributed by atoms with Crippen LogP contribution in [0.5, 0.6) is 0 Å². The van der Waals surface area contributed by atoms with Crippen molar-refractivity contribution in [3.63, 3.8) is 0 Å². The van der Waals surface area contributed by atoms with Gasteiger partial charge in [-0.3, -0.25) is 24.8 Å². The van der Waals surface area contributed by atoms with Crippen LogP contribution in [-0.4, -0.2) is 42.9 Å². The van der Waals surface area contributed by atoms with Crippen molar-refractivity contribution in [1.82, 2.24) is 10.4 Å². The topological polar surface area (TPSA) is 81.8 Å². The average molecular weight is 344 g/mol. The summed E-state index contributed by atoms with van der Waals surface area (Å²) in [6.45, 7) is 4.39. The van der Waals surface area contributed by atoms with Crippen molar-refractivity contribution in [2.45, 2.75) is 26.2 Å². The Balaban J connectivity index is 1.55. The summed E-state index contributed by atoms with van der Waals surface area (Å²) in [6, 6.07) is 7.70. The molecule has 0 aromatic heterocycles. The molecule has 0 saturated carbocycles. The number of nitrogens with zero attached hydrogens (tertiary/aromatic N) is 2. The fourth-order valence-corrected chi connectivity index (χ4v) is 3.24. The first-order valence-corrected chi connectivity index (χ1v) is 8.67. The highest BCUT2D eigenvalue weighted by Gasteiger charge is 2.38. The van der Waals surface area contributed by atoms with E-state index in [0.29, 0.717) is 5.69 Å². The molecule has 1 aromatic rings. The molecule has 7 heteroatoms. The molecule has 2 N–H and O–H groups in total. The molecule has 2 aliphatic rings. The number of amides is 3. The number of benzene rings is 1. The maximum atomic E-state index is 12.1. The molecule has 134 valence electrons. The van der Waals surface area contributed by atoms with E-state index in [9.17, 15) is 14.4 Å². The molecular weight excluding hydrogens is 320 g/mol. The maximum Gasteiger partial charge on any atom is 0.253 e. The summed E-state index contributed by atoms with van der Waals surface area (Å²) in [5, 5.41) is 3.87. The van der Waals surface area contributed by atoms with E-state index in [1.165, 1.54) is 19.9 Å². The van der Waals surface area contributed by atoms with Crippen molar-refractivity contribution in [2.24, 2.45) is 11.8 Å². The van der Waals surface area contributed by atoms with E-state index in [-0.39, 0.29) is 18.2 Å². The number of anilines is 2. The second kappa shape index (κ2) is 7.13. The average Bonchev–Trinajstić information content (AvgIpc) is 2.83. The number of nitrogens with one attached hydrogen (secondary N) is 2. The van der Waals surface area contributed by atoms with Crippen LogP contribution in [0.15, 0.2) is 24.3 Å². The van der Waals surface area contributed by atoms with Gasteiger partial charge in [-0.2, -0.15) is 0 Å². The molecule has 7 nitrogen and oxygen atoms in total. The van der Waals surface area contributed by atoms with Gasteiger partial charge in [0.05, 0.1) is 0 Å². The zero-order valence-corrected chi connectivity index (χ0v) is 14.6. The Labute approximate surface area is 147 Å². The molecule has 3 amide bonds. The van der Waals surface area contributed by atoms with Gasteiger partial charge in [0.15, 0.2) is 0 Å². The van der Waals surface area contributed by atoms with Crippen LogP contribution in [0.1, 0.15) is 26.2 Å². The number of piperidine rings is 1. The Morgan fingerprint density at radius 1 is 1.20 bits per heavy atom. The number of hydrogen-bond donors (Lipinski definition) is 2. The largest absolute Gasteiger partial charge is 0.372 e. The van der Waals surface area contributed by atoms with Crippen LogP contribution in [0.2, 0.25) is 0 Å². The Morgan fingerprint density at radius 3 is 2.40 bits per heavy atom. The number of carbonyl (C=O) groups is 3. The van der Waals surface area contributed by atoms with Gasteiger partial charge in [0, 0.05) is 37.9 Å². The fourth-order valence-electron chi connectivity index (χ4n) is 3.24. The minimum absolute atomic E-state index is 0.152. The number of hydrazine groups is 1. The number of carbonyl (C=O) groups excluding carboxylic acids is 3. The predicted octanol–water partition coefficient (Wildman–Crippen LogP) is 1.37. The van der Waals surface area contributed by atoms with Crippen molar-refractivity contribution < 1.29 is 14.4 Å². The standard InChI is InChI=1S/C18H24N4O3/c1-12-7-9-22(10-8-12)14-5-3-13(4-6-14)19-16(23)11-15-17(24)20-21(2)18(15)25/h3-6,12,15H,7-11H2,1-2H3,(H,19,23)(H,20,24). The van der Waals surface area contributed by atoms with Crippen LogP contribution >= 0.6 is 0 Å². The van der Waals surface area contributed by atoms with E-state index >= 15 is 0 Å². The summed E-state index contributed by atoms with van der Waals surface area (Å²) in [7, 11) is 1.47. The van der Waals surface area contributed by atoms with Gasteiger partial charge in [-0.15, -0.1) is 0 Å². The van der Waals surface area contributed by atoms with Crippen LogP contribution in [0.4, 0.5) is 11.4 Å². The lowest BCUT2D eigenvalue weighted by Crippen LogP contribution is -2.32. The van der Waals surface area contributed by atoms with Gasteiger partial charge in [0.25, 0.3) is 11.8 Å². The molecule has 1 aromatic carbocycles. The van der Waals surface area contributed by atoms with Crippen LogP contribution in [0.3, 0.4) is 0 Å². The van der Waals surface area contributed by atoms with Crippen LogP contribution in [0.25, 0.3) is 0 Å². The summed E-state index contributed by atoms with van der Waals surface area (Å²) in [6.07, 6.45) is 2.25. The lowest BCUT2D eigenvalue weighted by atomic mass is 9.99. The molecule has 3 rings (SSSR count). The molecule has 2 aliphatic heterocycles. The van der Waals surface area contributed by atoms with Gasteiger partial charge in [0.1, 0.15) is 5.92 Å². The highest BCUT2D eigenvalue weighted by molar-refractivity contribution is 6.08. The molecule has 0 bridgehead atoms. The summed E-state index contributed by atoms with van der Waals surface area (Å²) < 4.78 is 0. The van der Waals surface area contributed by atoms with Gasteiger partial charge in [0.2, 0.25) is 5.91 Å². The monoisotopic (exact) mass is 344 g/mol. The molecule has 25 heavy (non-hydrogen) atoms. The normalized spacial score (nSPS) is 21.4. The summed E-state index contributed by atoms with van der Waals surface area (Å²) >= 11 is 0. The van der Waals surface area contributed by atoms with E-state index in [1.807, 2.05) is 24.3 Å². The summed E-state index contributed by atoms with van der Waals surface area (Å²) in [5.41, 5.74) is 4.21. The first-order valence-electron chi connectivity index (χ1n) is 8.67. The van der Waals surface area contributed by atoms with Crippen molar-refractivity contribution in [3.8, 4) is 0 Å². The third kappa shape index (κ3) is 3.92. The van der Waals surface area contributed by atoms with E-state index in [1.54, 1.807) is 0 Å². The van der Waals surface area contributed by atoms with Gasteiger partial charge in [-0.1, -0.05) is 6.92 Å². The minimum Gasteiger partial charge on any atom is -0.372 e. The molecule has 2 fully saturated rings. The number of hydrogen-bond acceptors (Lipinski definition) is 4. The Morgan fingerprint density at radius 2 is 1.84 bits per heavy atom. The van der Waals surface area contributed by atoms with Crippen molar-refractivity contribution in [2.75, 3.05) is 30.4 Å². The minimum atomic E-state index is -0.945. The molecule has 2 saturated heterocycles. The lowest BCUT2D eigenvalue weighted by Gasteiger charge is -2.32. The zero-order chi connectivity index (χ0) is 18.0.